The Balaban J connectivity index is 2.49. The Hall–Kier alpha value is -1.13. The van der Waals surface area contributed by atoms with E-state index in [-0.39, 0.29) is 6.61 Å². The van der Waals surface area contributed by atoms with Gasteiger partial charge in [-0.15, -0.1) is 0 Å². The van der Waals surface area contributed by atoms with Crippen LogP contribution in [0.2, 0.25) is 0 Å². The first-order valence-corrected chi connectivity index (χ1v) is 5.33. The van der Waals surface area contributed by atoms with E-state index in [1.807, 2.05) is 24.3 Å². The average molecular weight is 268 g/mol. The van der Waals surface area contributed by atoms with Crippen LogP contribution in [0.3, 0.4) is 0 Å². The summed E-state index contributed by atoms with van der Waals surface area (Å²) in [5.74, 6) is 0.662. The zero-order chi connectivity index (χ0) is 10.8. The van der Waals surface area contributed by atoms with Crippen molar-refractivity contribution >= 4 is 15.9 Å². The van der Waals surface area contributed by atoms with Crippen molar-refractivity contribution in [1.29, 1.82) is 0 Å². The molecule has 0 saturated heterocycles. The fraction of sp³-hybridized carbons (Fsp3) is 0.182. The Morgan fingerprint density at radius 1 is 1.33 bits per heavy atom. The van der Waals surface area contributed by atoms with Crippen LogP contribution in [0.15, 0.2) is 33.3 Å². The predicted molar refractivity (Wildman–Crippen MR) is 60.3 cm³/mol. The molecule has 0 aliphatic carbocycles. The van der Waals surface area contributed by atoms with Crippen LogP contribution >= 0.6 is 15.9 Å². The number of aliphatic hydroxyl groups is 1. The Kier molecular flexibility index (Phi) is 2.88. The summed E-state index contributed by atoms with van der Waals surface area (Å²) in [7, 11) is 0. The summed E-state index contributed by atoms with van der Waals surface area (Å²) in [4.78, 5) is 0. The van der Waals surface area contributed by atoms with Gasteiger partial charge in [0.15, 0.2) is 0 Å². The molecule has 1 aromatic carbocycles. The first-order chi connectivity index (χ1) is 7.22. The normalized spacial score (nSPS) is 10.6. The Morgan fingerprint density at radius 2 is 2.00 bits per heavy atom. The van der Waals surface area contributed by atoms with Gasteiger partial charge in [-0.3, -0.25) is 0 Å². The summed E-state index contributed by atoms with van der Waals surface area (Å²) < 4.78 is 6.06. The summed E-state index contributed by atoms with van der Waals surface area (Å²) in [6, 6.07) is 7.72. The van der Waals surface area contributed by atoms with Gasteiger partial charge in [0.25, 0.3) is 0 Å². The third-order valence-electron chi connectivity index (χ3n) is 2.26. The second-order valence-corrected chi connectivity index (χ2v) is 4.15. The minimum atomic E-state index is -0.0548. The van der Waals surface area contributed by atoms with Gasteiger partial charge in [0.05, 0.1) is 6.61 Å². The standard InChI is InChI=1S/C11H10BrNO2/c1-7-10(6-14)11(13-15-7)8-2-4-9(12)5-3-8/h2-5,14H,6H2,1H3. The second kappa shape index (κ2) is 4.16. The van der Waals surface area contributed by atoms with E-state index in [1.165, 1.54) is 0 Å². The third kappa shape index (κ3) is 1.96. The first-order valence-electron chi connectivity index (χ1n) is 4.54. The highest BCUT2D eigenvalue weighted by atomic mass is 79.9. The summed E-state index contributed by atoms with van der Waals surface area (Å²) in [5.41, 5.74) is 2.40. The number of aliphatic hydroxyl groups excluding tert-OH is 1. The Morgan fingerprint density at radius 3 is 2.60 bits per heavy atom. The maximum Gasteiger partial charge on any atom is 0.139 e. The van der Waals surface area contributed by atoms with Crippen molar-refractivity contribution in [3.8, 4) is 11.3 Å². The van der Waals surface area contributed by atoms with Gasteiger partial charge >= 0.3 is 0 Å². The molecule has 0 radical (unpaired) electrons. The van der Waals surface area contributed by atoms with Crippen molar-refractivity contribution in [2.45, 2.75) is 13.5 Å². The van der Waals surface area contributed by atoms with Crippen molar-refractivity contribution < 1.29 is 9.63 Å². The van der Waals surface area contributed by atoms with E-state index in [1.54, 1.807) is 6.92 Å². The molecule has 3 nitrogen and oxygen atoms in total. The van der Waals surface area contributed by atoms with Crippen LogP contribution in [0.4, 0.5) is 0 Å². The topological polar surface area (TPSA) is 46.3 Å². The van der Waals surface area contributed by atoms with Crippen LogP contribution < -0.4 is 0 Å². The number of aromatic nitrogens is 1. The lowest BCUT2D eigenvalue weighted by Crippen LogP contribution is -1.87. The fourth-order valence-corrected chi connectivity index (χ4v) is 1.68. The molecule has 0 aliphatic rings. The van der Waals surface area contributed by atoms with Crippen molar-refractivity contribution in [3.63, 3.8) is 0 Å². The van der Waals surface area contributed by atoms with Gasteiger partial charge in [-0.2, -0.15) is 0 Å². The highest BCUT2D eigenvalue weighted by molar-refractivity contribution is 9.10. The zero-order valence-corrected chi connectivity index (χ0v) is 9.78. The smallest absolute Gasteiger partial charge is 0.139 e. The molecule has 0 aliphatic heterocycles. The molecule has 15 heavy (non-hydrogen) atoms. The van der Waals surface area contributed by atoms with Crippen LogP contribution in [-0.4, -0.2) is 10.3 Å². The van der Waals surface area contributed by atoms with Crippen LogP contribution in [0.25, 0.3) is 11.3 Å². The number of hydrogen-bond acceptors (Lipinski definition) is 3. The van der Waals surface area contributed by atoms with E-state index in [9.17, 15) is 5.11 Å². The lowest BCUT2D eigenvalue weighted by molar-refractivity contribution is 0.278. The van der Waals surface area contributed by atoms with Crippen LogP contribution in [0.1, 0.15) is 11.3 Å². The van der Waals surface area contributed by atoms with Crippen molar-refractivity contribution in [2.75, 3.05) is 0 Å². The molecular formula is C11H10BrNO2. The van der Waals surface area contributed by atoms with E-state index in [2.05, 4.69) is 21.1 Å². The fourth-order valence-electron chi connectivity index (χ4n) is 1.41. The van der Waals surface area contributed by atoms with Gasteiger partial charge in [0.1, 0.15) is 11.5 Å². The second-order valence-electron chi connectivity index (χ2n) is 3.23. The highest BCUT2D eigenvalue weighted by Crippen LogP contribution is 2.26. The summed E-state index contributed by atoms with van der Waals surface area (Å²) in [6.45, 7) is 1.74. The van der Waals surface area contributed by atoms with E-state index in [4.69, 9.17) is 4.52 Å². The van der Waals surface area contributed by atoms with Gasteiger partial charge in [-0.05, 0) is 19.1 Å². The molecule has 0 atom stereocenters. The molecule has 0 unspecified atom stereocenters. The maximum absolute atomic E-state index is 9.19. The average Bonchev–Trinajstić information content (AvgIpc) is 2.61. The minimum Gasteiger partial charge on any atom is -0.391 e. The molecule has 0 fully saturated rings. The van der Waals surface area contributed by atoms with Crippen molar-refractivity contribution in [3.05, 3.63) is 40.1 Å². The molecule has 1 N–H and O–H groups in total. The van der Waals surface area contributed by atoms with E-state index >= 15 is 0 Å². The van der Waals surface area contributed by atoms with Crippen LogP contribution in [0, 0.1) is 6.92 Å². The monoisotopic (exact) mass is 267 g/mol. The minimum absolute atomic E-state index is 0.0548. The van der Waals surface area contributed by atoms with Gasteiger partial charge in [-0.1, -0.05) is 33.2 Å². The molecule has 0 amide bonds. The number of aryl methyl sites for hydroxylation is 1. The third-order valence-corrected chi connectivity index (χ3v) is 2.79. The molecule has 0 spiro atoms. The Bertz CT molecular complexity index is 462. The van der Waals surface area contributed by atoms with Gasteiger partial charge < -0.3 is 9.63 Å². The lowest BCUT2D eigenvalue weighted by atomic mass is 10.1. The number of benzene rings is 1. The number of halogens is 1. The first kappa shape index (κ1) is 10.4. The molecule has 4 heteroatoms. The molecule has 2 rings (SSSR count). The van der Waals surface area contributed by atoms with Gasteiger partial charge in [-0.25, -0.2) is 0 Å². The predicted octanol–water partition coefficient (Wildman–Crippen LogP) is 2.90. The Labute approximate surface area is 95.8 Å². The van der Waals surface area contributed by atoms with Gasteiger partial charge in [0, 0.05) is 15.6 Å². The highest BCUT2D eigenvalue weighted by Gasteiger charge is 2.13. The molecule has 78 valence electrons. The van der Waals surface area contributed by atoms with Crippen LogP contribution in [-0.2, 0) is 6.61 Å². The summed E-state index contributed by atoms with van der Waals surface area (Å²) in [6.07, 6.45) is 0. The zero-order valence-electron chi connectivity index (χ0n) is 8.20. The molecule has 2 aromatic rings. The van der Waals surface area contributed by atoms with Gasteiger partial charge in [0.2, 0.25) is 0 Å². The molecule has 1 heterocycles. The lowest BCUT2D eigenvalue weighted by Gasteiger charge is -1.99. The maximum atomic E-state index is 9.19. The summed E-state index contributed by atoms with van der Waals surface area (Å²) >= 11 is 3.37. The van der Waals surface area contributed by atoms with E-state index < -0.39 is 0 Å². The molecular weight excluding hydrogens is 258 g/mol. The molecule has 0 saturated carbocycles. The largest absolute Gasteiger partial charge is 0.391 e. The molecule has 0 bridgehead atoms. The quantitative estimate of drug-likeness (QED) is 0.910. The van der Waals surface area contributed by atoms with E-state index in [0.29, 0.717) is 11.5 Å². The summed E-state index contributed by atoms with van der Waals surface area (Å²) in [5, 5.41) is 13.1. The van der Waals surface area contributed by atoms with Crippen molar-refractivity contribution in [2.24, 2.45) is 0 Å². The number of nitrogens with zero attached hydrogens (tertiary/aromatic N) is 1. The van der Waals surface area contributed by atoms with Crippen molar-refractivity contribution in [1.82, 2.24) is 5.16 Å². The molecule has 1 aromatic heterocycles. The number of rotatable bonds is 2. The van der Waals surface area contributed by atoms with Crippen LogP contribution in [0.5, 0.6) is 0 Å². The SMILES string of the molecule is Cc1onc(-c2ccc(Br)cc2)c1CO. The van der Waals surface area contributed by atoms with E-state index in [0.717, 1.165) is 15.6 Å². The number of hydrogen-bond donors (Lipinski definition) is 1.